The maximum atomic E-state index is 11.3. The number of fused-ring (bicyclic) bond motifs is 1. The summed E-state index contributed by atoms with van der Waals surface area (Å²) in [5, 5.41) is 91.9. The van der Waals surface area contributed by atoms with Crippen molar-refractivity contribution in [3.05, 3.63) is 76.9 Å². The Balaban J connectivity index is 1.51. The maximum absolute atomic E-state index is 11.3. The van der Waals surface area contributed by atoms with Crippen LogP contribution in [0.2, 0.25) is 0 Å². The van der Waals surface area contributed by atoms with Crippen molar-refractivity contribution >= 4 is 6.08 Å². The van der Waals surface area contributed by atoms with E-state index in [1.165, 1.54) is 36.4 Å². The molecule has 42 heavy (non-hydrogen) atoms. The fourth-order valence-electron chi connectivity index (χ4n) is 5.04. The van der Waals surface area contributed by atoms with Gasteiger partial charge >= 0.3 is 0 Å². The fourth-order valence-corrected chi connectivity index (χ4v) is 5.04. The average Bonchev–Trinajstić information content (AvgIpc) is 2.97. The molecule has 3 aromatic carbocycles. The van der Waals surface area contributed by atoms with E-state index in [2.05, 4.69) is 0 Å². The van der Waals surface area contributed by atoms with Crippen molar-refractivity contribution in [2.24, 2.45) is 0 Å². The van der Waals surface area contributed by atoms with Gasteiger partial charge < -0.3 is 60.2 Å². The zero-order valence-electron chi connectivity index (χ0n) is 22.2. The molecule has 2 aliphatic heterocycles. The van der Waals surface area contributed by atoms with Crippen LogP contribution in [-0.2, 0) is 17.6 Å². The van der Waals surface area contributed by atoms with Gasteiger partial charge in [0.05, 0.1) is 12.7 Å². The third-order valence-corrected chi connectivity index (χ3v) is 7.39. The van der Waals surface area contributed by atoms with Crippen LogP contribution >= 0.6 is 0 Å². The van der Waals surface area contributed by atoms with Gasteiger partial charge in [-0.15, -0.1) is 0 Å². The topological polar surface area (TPSA) is 210 Å². The molecule has 1 saturated heterocycles. The van der Waals surface area contributed by atoms with E-state index in [9.17, 15) is 46.0 Å². The molecule has 0 spiro atoms. The van der Waals surface area contributed by atoms with Crippen LogP contribution in [0.4, 0.5) is 0 Å². The van der Waals surface area contributed by atoms with Crippen molar-refractivity contribution < 1.29 is 60.2 Å². The second kappa shape index (κ2) is 12.1. The number of ether oxygens (including phenoxy) is 3. The van der Waals surface area contributed by atoms with Gasteiger partial charge in [-0.3, -0.25) is 0 Å². The van der Waals surface area contributed by atoms with E-state index >= 15 is 0 Å². The molecule has 0 aliphatic carbocycles. The van der Waals surface area contributed by atoms with E-state index in [1.54, 1.807) is 24.3 Å². The summed E-state index contributed by atoms with van der Waals surface area (Å²) in [4.78, 5) is 0. The predicted octanol–water partition coefficient (Wildman–Crippen LogP) is 0.981. The second-order valence-corrected chi connectivity index (χ2v) is 10.2. The molecule has 12 heteroatoms. The van der Waals surface area contributed by atoms with Gasteiger partial charge in [-0.2, -0.15) is 0 Å². The summed E-state index contributed by atoms with van der Waals surface area (Å²) in [5.41, 5.74) is 1.63. The maximum Gasteiger partial charge on any atom is 0.229 e. The first-order valence-corrected chi connectivity index (χ1v) is 13.2. The number of phenols is 4. The van der Waals surface area contributed by atoms with Crippen molar-refractivity contribution in [3.63, 3.8) is 0 Å². The number of aliphatic hydroxyl groups excluding tert-OH is 5. The molecule has 0 radical (unpaired) electrons. The van der Waals surface area contributed by atoms with Gasteiger partial charge in [-0.1, -0.05) is 30.4 Å². The monoisotopic (exact) mass is 584 g/mol. The minimum Gasteiger partial charge on any atom is -0.508 e. The van der Waals surface area contributed by atoms with Gasteiger partial charge in [0.15, 0.2) is 11.5 Å². The lowest BCUT2D eigenvalue weighted by atomic mass is 9.91. The first-order valence-electron chi connectivity index (χ1n) is 13.2. The van der Waals surface area contributed by atoms with Crippen molar-refractivity contribution in [3.8, 4) is 34.5 Å². The average molecular weight is 585 g/mol. The Bertz CT molecular complexity index is 1440. The molecule has 0 amide bonds. The van der Waals surface area contributed by atoms with Crippen molar-refractivity contribution in [2.75, 3.05) is 6.61 Å². The Labute approximate surface area is 240 Å². The van der Waals surface area contributed by atoms with Crippen molar-refractivity contribution in [1.29, 1.82) is 0 Å². The van der Waals surface area contributed by atoms with E-state index in [0.29, 0.717) is 5.56 Å². The molecule has 1 fully saturated rings. The molecule has 0 aromatic heterocycles. The molecule has 2 heterocycles. The summed E-state index contributed by atoms with van der Waals surface area (Å²) in [6, 6.07) is 11.8. The van der Waals surface area contributed by atoms with Crippen LogP contribution in [0, 0.1) is 0 Å². The summed E-state index contributed by atoms with van der Waals surface area (Å²) in [6.07, 6.45) is -6.37. The lowest BCUT2D eigenvalue weighted by molar-refractivity contribution is -0.277. The number of benzene rings is 3. The highest BCUT2D eigenvalue weighted by atomic mass is 16.7. The standard InChI is InChI=1S/C30H32O12/c31-13-24-26(37)27(38)28(39)30(42-24)41-22-12-23-18(11-21(35)29(40-23)15-6-9-19(33)20(34)10-15)25(36)17(22)3-1-2-14-4-7-16(32)8-5-14/h1-2,4-10,12,21,24,26-39H,3,11,13H2/t21-,24+,26+,27-,28+,29+,30+/m0/s1. The number of rotatable bonds is 7. The van der Waals surface area contributed by atoms with E-state index in [1.807, 2.05) is 0 Å². The molecule has 0 unspecified atom stereocenters. The second-order valence-electron chi connectivity index (χ2n) is 10.2. The van der Waals surface area contributed by atoms with Crippen LogP contribution in [0.1, 0.15) is 28.4 Å². The van der Waals surface area contributed by atoms with Gasteiger partial charge in [0.2, 0.25) is 6.29 Å². The number of aliphatic hydroxyl groups is 5. The van der Waals surface area contributed by atoms with Gasteiger partial charge in [0, 0.05) is 23.6 Å². The smallest absolute Gasteiger partial charge is 0.229 e. The zero-order chi connectivity index (χ0) is 30.1. The molecule has 224 valence electrons. The Kier molecular flexibility index (Phi) is 8.45. The first-order chi connectivity index (χ1) is 20.1. The minimum absolute atomic E-state index is 0.00497. The summed E-state index contributed by atoms with van der Waals surface area (Å²) in [5.74, 6) is -0.778. The molecular weight excluding hydrogens is 552 g/mol. The van der Waals surface area contributed by atoms with Crippen LogP contribution in [0.5, 0.6) is 34.5 Å². The Hall–Kier alpha value is -4.04. The molecule has 5 rings (SSSR count). The highest BCUT2D eigenvalue weighted by molar-refractivity contribution is 5.60. The van der Waals surface area contributed by atoms with E-state index in [4.69, 9.17) is 14.2 Å². The quantitative estimate of drug-likeness (QED) is 0.178. The summed E-state index contributed by atoms with van der Waals surface area (Å²) in [6.45, 7) is -0.662. The third kappa shape index (κ3) is 5.81. The summed E-state index contributed by atoms with van der Waals surface area (Å²) < 4.78 is 17.4. The van der Waals surface area contributed by atoms with Crippen LogP contribution in [0.3, 0.4) is 0 Å². The summed E-state index contributed by atoms with van der Waals surface area (Å²) in [7, 11) is 0. The van der Waals surface area contributed by atoms with Crippen LogP contribution in [0.15, 0.2) is 54.6 Å². The number of aromatic hydroxyl groups is 4. The van der Waals surface area contributed by atoms with E-state index in [-0.39, 0.29) is 52.7 Å². The molecule has 7 atom stereocenters. The van der Waals surface area contributed by atoms with Gasteiger partial charge in [-0.25, -0.2) is 0 Å². The van der Waals surface area contributed by atoms with Crippen molar-refractivity contribution in [1.82, 2.24) is 0 Å². The lowest BCUT2D eigenvalue weighted by Crippen LogP contribution is -2.60. The van der Waals surface area contributed by atoms with E-state index < -0.39 is 55.3 Å². The highest BCUT2D eigenvalue weighted by Crippen LogP contribution is 2.46. The van der Waals surface area contributed by atoms with Crippen LogP contribution in [0.25, 0.3) is 6.08 Å². The van der Waals surface area contributed by atoms with Crippen molar-refractivity contribution in [2.45, 2.75) is 55.8 Å². The Morgan fingerprint density at radius 3 is 2.29 bits per heavy atom. The molecule has 2 aliphatic rings. The molecule has 0 saturated carbocycles. The Morgan fingerprint density at radius 1 is 0.857 bits per heavy atom. The molecule has 12 nitrogen and oxygen atoms in total. The first kappa shape index (κ1) is 29.5. The van der Waals surface area contributed by atoms with Gasteiger partial charge in [0.1, 0.15) is 53.5 Å². The van der Waals surface area contributed by atoms with Crippen LogP contribution < -0.4 is 9.47 Å². The number of allylic oxidation sites excluding steroid dienone is 1. The van der Waals surface area contributed by atoms with E-state index in [0.717, 1.165) is 5.56 Å². The molecule has 3 aromatic rings. The molecule has 0 bridgehead atoms. The normalized spacial score (nSPS) is 27.4. The number of hydrogen-bond donors (Lipinski definition) is 9. The van der Waals surface area contributed by atoms with Crippen LogP contribution in [-0.4, -0.2) is 89.4 Å². The summed E-state index contributed by atoms with van der Waals surface area (Å²) >= 11 is 0. The highest BCUT2D eigenvalue weighted by Gasteiger charge is 2.45. The SMILES string of the molecule is OC[C@H]1O[C@@H](Oc2cc3c(c(O)c2CC=Cc2ccc(O)cc2)C[C@H](O)[C@@H](c2ccc(O)c(O)c2)O3)[C@H](O)[C@@H](O)[C@@H]1O. The number of hydrogen-bond acceptors (Lipinski definition) is 12. The predicted molar refractivity (Wildman–Crippen MR) is 146 cm³/mol. The lowest BCUT2D eigenvalue weighted by Gasteiger charge is -2.40. The Morgan fingerprint density at radius 2 is 1.60 bits per heavy atom. The zero-order valence-corrected chi connectivity index (χ0v) is 22.2. The number of phenolic OH excluding ortho intramolecular Hbond substituents is 4. The third-order valence-electron chi connectivity index (χ3n) is 7.39. The van der Waals surface area contributed by atoms with Gasteiger partial charge in [0.25, 0.3) is 0 Å². The fraction of sp³-hybridized carbons (Fsp3) is 0.333. The largest absolute Gasteiger partial charge is 0.508 e. The van der Waals surface area contributed by atoms with Gasteiger partial charge in [-0.05, 0) is 41.8 Å². The molecule has 9 N–H and O–H groups in total. The molecular formula is C30H32O12. The minimum atomic E-state index is -1.71.